The normalized spacial score (nSPS) is 12.5. The molecule has 0 spiro atoms. The minimum atomic E-state index is -2.77. The van der Waals surface area contributed by atoms with E-state index in [1.165, 1.54) is 6.07 Å². The van der Waals surface area contributed by atoms with Gasteiger partial charge in [0, 0.05) is 17.5 Å². The Morgan fingerprint density at radius 1 is 1.12 bits per heavy atom. The highest BCUT2D eigenvalue weighted by atomic mass is 32.2. The second kappa shape index (κ2) is 7.43. The molecule has 0 aliphatic rings. The molecule has 0 fully saturated rings. The van der Waals surface area contributed by atoms with Gasteiger partial charge in [0.1, 0.15) is 11.5 Å². The zero-order chi connectivity index (χ0) is 17.9. The second-order valence-electron chi connectivity index (χ2n) is 5.99. The molecule has 2 aromatic carbocycles. The largest absolute Gasteiger partial charge is 0.254 e. The summed E-state index contributed by atoms with van der Waals surface area (Å²) in [5.41, 5.74) is 3.51. The van der Waals surface area contributed by atoms with Crippen LogP contribution in [0.5, 0.6) is 0 Å². The average Bonchev–Trinajstić information content (AvgIpc) is 2.48. The van der Waals surface area contributed by atoms with Crippen LogP contribution in [0.3, 0.4) is 0 Å². The van der Waals surface area contributed by atoms with E-state index in [4.69, 9.17) is 0 Å². The van der Waals surface area contributed by atoms with Crippen molar-refractivity contribution >= 4 is 23.2 Å². The molecule has 24 heavy (non-hydrogen) atoms. The van der Waals surface area contributed by atoms with Gasteiger partial charge in [-0.1, -0.05) is 29.8 Å². The number of nitrogens with zero attached hydrogens (tertiary/aromatic N) is 1. The monoisotopic (exact) mass is 351 g/mol. The third-order valence-corrected chi connectivity index (χ3v) is 4.89. The first-order chi connectivity index (χ1) is 11.2. The van der Waals surface area contributed by atoms with Crippen LogP contribution in [-0.4, -0.2) is 17.4 Å². The van der Waals surface area contributed by atoms with Gasteiger partial charge >= 0.3 is 0 Å². The molecule has 0 saturated heterocycles. The van der Waals surface area contributed by atoms with Gasteiger partial charge in [0.25, 0.3) is 5.92 Å². The van der Waals surface area contributed by atoms with E-state index in [9.17, 15) is 13.2 Å². The molecule has 0 bridgehead atoms. The Labute approximate surface area is 145 Å². The molecule has 0 aromatic heterocycles. The highest BCUT2D eigenvalue weighted by Gasteiger charge is 2.22. The first kappa shape index (κ1) is 18.6. The Morgan fingerprint density at radius 2 is 1.75 bits per heavy atom. The highest BCUT2D eigenvalue weighted by Crippen LogP contribution is 2.33. The number of aliphatic imine (C=N–C) groups is 1. The van der Waals surface area contributed by atoms with Crippen LogP contribution in [-0.2, 0) is 0 Å². The highest BCUT2D eigenvalue weighted by molar-refractivity contribution is 7.99. The Kier molecular flexibility index (Phi) is 5.75. The summed E-state index contributed by atoms with van der Waals surface area (Å²) in [6.45, 7) is 6.37. The van der Waals surface area contributed by atoms with E-state index in [-0.39, 0.29) is 11.4 Å². The molecular weight excluding hydrogens is 331 g/mol. The van der Waals surface area contributed by atoms with E-state index < -0.39 is 11.7 Å². The topological polar surface area (TPSA) is 12.4 Å². The molecule has 0 amide bonds. The lowest BCUT2D eigenvalue weighted by Crippen LogP contribution is -2.12. The minimum absolute atomic E-state index is 0.167. The molecule has 0 aliphatic carbocycles. The van der Waals surface area contributed by atoms with Gasteiger partial charge in [-0.2, -0.15) is 0 Å². The number of alkyl halides is 2. The smallest absolute Gasteiger partial charge is 0.250 e. The van der Waals surface area contributed by atoms with Gasteiger partial charge in [-0.3, -0.25) is 4.99 Å². The number of hydrogen-bond acceptors (Lipinski definition) is 2. The third-order valence-electron chi connectivity index (χ3n) is 3.48. The first-order valence-corrected chi connectivity index (χ1v) is 8.57. The molecule has 128 valence electrons. The Balaban J connectivity index is 2.32. The maximum Gasteiger partial charge on any atom is 0.254 e. The SMILES string of the molecule is C/C(=N\c1cc(SCC(C)(F)F)c(C)cc1F)c1ccc(C)cc1. The van der Waals surface area contributed by atoms with Crippen LogP contribution in [0.4, 0.5) is 18.9 Å². The lowest BCUT2D eigenvalue weighted by Gasteiger charge is -2.12. The minimum Gasteiger partial charge on any atom is -0.250 e. The van der Waals surface area contributed by atoms with Gasteiger partial charge in [-0.05, 0) is 44.0 Å². The van der Waals surface area contributed by atoms with E-state index in [0.717, 1.165) is 29.8 Å². The standard InChI is InChI=1S/C19H20F3NS/c1-12-5-7-15(8-6-12)14(3)23-17-10-18(13(2)9-16(17)20)24-11-19(4,21)22/h5-10H,11H2,1-4H3/b23-14+. The quantitative estimate of drug-likeness (QED) is 0.453. The average molecular weight is 351 g/mol. The van der Waals surface area contributed by atoms with Gasteiger partial charge in [-0.15, -0.1) is 11.8 Å². The maximum atomic E-state index is 14.2. The van der Waals surface area contributed by atoms with E-state index in [1.54, 1.807) is 19.9 Å². The lowest BCUT2D eigenvalue weighted by atomic mass is 10.1. The Hall–Kier alpha value is -1.75. The molecule has 0 aliphatic heterocycles. The summed E-state index contributed by atoms with van der Waals surface area (Å²) >= 11 is 1.02. The molecule has 0 N–H and O–H groups in total. The van der Waals surface area contributed by atoms with Crippen LogP contribution in [0.1, 0.15) is 30.5 Å². The van der Waals surface area contributed by atoms with Gasteiger partial charge < -0.3 is 0 Å². The van der Waals surface area contributed by atoms with Gasteiger partial charge in [0.2, 0.25) is 0 Å². The van der Waals surface area contributed by atoms with Crippen molar-refractivity contribution in [3.05, 3.63) is 58.9 Å². The molecule has 0 saturated carbocycles. The molecule has 2 aromatic rings. The number of thioether (sulfide) groups is 1. The van der Waals surface area contributed by atoms with Crippen molar-refractivity contribution in [1.82, 2.24) is 0 Å². The number of aryl methyl sites for hydroxylation is 2. The summed E-state index contributed by atoms with van der Waals surface area (Å²) in [6, 6.07) is 10.7. The molecule has 2 rings (SSSR count). The molecule has 1 nitrogen and oxygen atoms in total. The van der Waals surface area contributed by atoms with Gasteiger partial charge in [-0.25, -0.2) is 13.2 Å². The van der Waals surface area contributed by atoms with Crippen LogP contribution in [0.2, 0.25) is 0 Å². The van der Waals surface area contributed by atoms with Crippen molar-refractivity contribution in [2.24, 2.45) is 4.99 Å². The number of hydrogen-bond donors (Lipinski definition) is 0. The lowest BCUT2D eigenvalue weighted by molar-refractivity contribution is 0.0492. The number of benzene rings is 2. The van der Waals surface area contributed by atoms with Gasteiger partial charge in [0.15, 0.2) is 0 Å². The summed E-state index contributed by atoms with van der Waals surface area (Å²) in [4.78, 5) is 4.96. The van der Waals surface area contributed by atoms with Crippen LogP contribution in [0.25, 0.3) is 0 Å². The second-order valence-corrected chi connectivity index (χ2v) is 7.01. The fourth-order valence-corrected chi connectivity index (χ4v) is 3.02. The number of rotatable bonds is 5. The van der Waals surface area contributed by atoms with Crippen molar-refractivity contribution < 1.29 is 13.2 Å². The molecule has 0 radical (unpaired) electrons. The van der Waals surface area contributed by atoms with Crippen LogP contribution >= 0.6 is 11.8 Å². The molecular formula is C19H20F3NS. The van der Waals surface area contributed by atoms with Crippen molar-refractivity contribution in [2.75, 3.05) is 5.75 Å². The van der Waals surface area contributed by atoms with Crippen molar-refractivity contribution in [3.8, 4) is 0 Å². The zero-order valence-corrected chi connectivity index (χ0v) is 15.0. The first-order valence-electron chi connectivity index (χ1n) is 7.59. The molecule has 0 heterocycles. The maximum absolute atomic E-state index is 14.2. The summed E-state index contributed by atoms with van der Waals surface area (Å²) in [5.74, 6) is -3.57. The fraction of sp³-hybridized carbons (Fsp3) is 0.316. The predicted octanol–water partition coefficient (Wildman–Crippen LogP) is 6.33. The van der Waals surface area contributed by atoms with E-state index in [2.05, 4.69) is 4.99 Å². The molecule has 0 atom stereocenters. The van der Waals surface area contributed by atoms with Crippen molar-refractivity contribution in [1.29, 1.82) is 0 Å². The molecule has 0 unspecified atom stereocenters. The third kappa shape index (κ3) is 5.13. The van der Waals surface area contributed by atoms with Gasteiger partial charge in [0.05, 0.1) is 5.75 Å². The zero-order valence-electron chi connectivity index (χ0n) is 14.2. The van der Waals surface area contributed by atoms with E-state index >= 15 is 0 Å². The van der Waals surface area contributed by atoms with E-state index in [0.29, 0.717) is 16.2 Å². The van der Waals surface area contributed by atoms with Crippen LogP contribution in [0.15, 0.2) is 46.3 Å². The van der Waals surface area contributed by atoms with Crippen molar-refractivity contribution in [3.63, 3.8) is 0 Å². The molecule has 5 heteroatoms. The Bertz CT molecular complexity index is 746. The summed E-state index contributed by atoms with van der Waals surface area (Å²) < 4.78 is 40.3. The summed E-state index contributed by atoms with van der Waals surface area (Å²) in [7, 11) is 0. The van der Waals surface area contributed by atoms with E-state index in [1.807, 2.05) is 31.2 Å². The summed E-state index contributed by atoms with van der Waals surface area (Å²) in [5, 5.41) is 0. The Morgan fingerprint density at radius 3 is 2.33 bits per heavy atom. The summed E-state index contributed by atoms with van der Waals surface area (Å²) in [6.07, 6.45) is 0. The van der Waals surface area contributed by atoms with Crippen molar-refractivity contribution in [2.45, 2.75) is 38.5 Å². The number of halogens is 3. The predicted molar refractivity (Wildman–Crippen MR) is 95.5 cm³/mol. The van der Waals surface area contributed by atoms with Crippen LogP contribution in [0, 0.1) is 19.7 Å². The van der Waals surface area contributed by atoms with Crippen LogP contribution < -0.4 is 0 Å². The fourth-order valence-electron chi connectivity index (χ4n) is 2.13.